The summed E-state index contributed by atoms with van der Waals surface area (Å²) in [5.74, 6) is 0.857. The topological polar surface area (TPSA) is 29.8 Å². The number of hydrogen-bond acceptors (Lipinski definition) is 1. The molecule has 0 unspecified atom stereocenters. The summed E-state index contributed by atoms with van der Waals surface area (Å²) in [5.41, 5.74) is 1.58. The van der Waals surface area contributed by atoms with E-state index in [1.807, 2.05) is 6.07 Å². The van der Waals surface area contributed by atoms with Crippen molar-refractivity contribution < 1.29 is 18.5 Å². The number of nitrogens with two attached hydrogens (primary N) is 1. The first-order valence-corrected chi connectivity index (χ1v) is 7.62. The molecule has 3 rings (SSSR count). The standard InChI is InChI=1S/C19H17F2NO/c20-15-7-5-14(6-8-15)11-12-22-13-16-9-10-19(23-16)17-3-1-2-4-18(17)21/h1-10,22H,11-13H2/p+1. The van der Waals surface area contributed by atoms with Gasteiger partial charge in [-0.05, 0) is 42.0 Å². The first kappa shape index (κ1) is 15.4. The molecule has 1 aromatic heterocycles. The Balaban J connectivity index is 1.52. The van der Waals surface area contributed by atoms with Crippen LogP contribution in [0.2, 0.25) is 0 Å². The lowest BCUT2D eigenvalue weighted by atomic mass is 10.1. The minimum Gasteiger partial charge on any atom is -0.455 e. The molecule has 118 valence electrons. The SMILES string of the molecule is Fc1ccc(CC[NH2+]Cc2ccc(-c3ccccc3F)o2)cc1. The molecule has 2 aromatic carbocycles. The molecule has 2 nitrogen and oxygen atoms in total. The van der Waals surface area contributed by atoms with Gasteiger partial charge in [-0.15, -0.1) is 0 Å². The molecule has 0 saturated carbocycles. The van der Waals surface area contributed by atoms with Crippen molar-refractivity contribution in [2.45, 2.75) is 13.0 Å². The van der Waals surface area contributed by atoms with Gasteiger partial charge in [-0.3, -0.25) is 0 Å². The van der Waals surface area contributed by atoms with E-state index in [0.29, 0.717) is 17.9 Å². The minimum absolute atomic E-state index is 0.214. The van der Waals surface area contributed by atoms with Gasteiger partial charge in [-0.25, -0.2) is 8.78 Å². The van der Waals surface area contributed by atoms with E-state index in [0.717, 1.165) is 24.3 Å². The number of quaternary nitrogens is 1. The Morgan fingerprint density at radius 3 is 2.43 bits per heavy atom. The lowest BCUT2D eigenvalue weighted by molar-refractivity contribution is -0.671. The quantitative estimate of drug-likeness (QED) is 0.693. The second kappa shape index (κ2) is 7.20. The van der Waals surface area contributed by atoms with Crippen molar-refractivity contribution in [3.05, 3.63) is 83.6 Å². The van der Waals surface area contributed by atoms with E-state index in [2.05, 4.69) is 5.32 Å². The lowest BCUT2D eigenvalue weighted by Crippen LogP contribution is -2.83. The predicted molar refractivity (Wildman–Crippen MR) is 84.7 cm³/mol. The minimum atomic E-state index is -0.284. The molecule has 3 aromatic rings. The molecule has 23 heavy (non-hydrogen) atoms. The van der Waals surface area contributed by atoms with Gasteiger partial charge in [0.1, 0.15) is 23.9 Å². The molecule has 0 fully saturated rings. The summed E-state index contributed by atoms with van der Waals surface area (Å²) in [6.07, 6.45) is 0.862. The molecule has 0 spiro atoms. The highest BCUT2D eigenvalue weighted by molar-refractivity contribution is 5.58. The second-order valence-corrected chi connectivity index (χ2v) is 5.40. The average Bonchev–Trinajstić information content (AvgIpc) is 3.02. The molecule has 0 aliphatic heterocycles. The fourth-order valence-electron chi connectivity index (χ4n) is 2.46. The highest BCUT2D eigenvalue weighted by Crippen LogP contribution is 2.24. The highest BCUT2D eigenvalue weighted by atomic mass is 19.1. The van der Waals surface area contributed by atoms with Gasteiger partial charge in [-0.2, -0.15) is 0 Å². The van der Waals surface area contributed by atoms with Gasteiger partial charge in [0.25, 0.3) is 0 Å². The Morgan fingerprint density at radius 1 is 0.870 bits per heavy atom. The zero-order valence-corrected chi connectivity index (χ0v) is 12.6. The third-order valence-electron chi connectivity index (χ3n) is 3.70. The van der Waals surface area contributed by atoms with E-state index in [1.54, 1.807) is 36.4 Å². The number of benzene rings is 2. The maximum atomic E-state index is 13.7. The zero-order valence-electron chi connectivity index (χ0n) is 12.6. The Bertz CT molecular complexity index is 765. The summed E-state index contributed by atoms with van der Waals surface area (Å²) in [5, 5.41) is 2.12. The Labute approximate surface area is 133 Å². The Kier molecular flexibility index (Phi) is 4.83. The van der Waals surface area contributed by atoms with Gasteiger partial charge in [0.2, 0.25) is 0 Å². The molecule has 0 aliphatic rings. The zero-order chi connectivity index (χ0) is 16.1. The van der Waals surface area contributed by atoms with Gasteiger partial charge < -0.3 is 9.73 Å². The van der Waals surface area contributed by atoms with Crippen LogP contribution in [0.1, 0.15) is 11.3 Å². The van der Waals surface area contributed by atoms with Gasteiger partial charge in [0, 0.05) is 6.42 Å². The van der Waals surface area contributed by atoms with Crippen LogP contribution in [0.5, 0.6) is 0 Å². The van der Waals surface area contributed by atoms with Gasteiger partial charge in [0.15, 0.2) is 5.76 Å². The molecule has 0 amide bonds. The molecule has 0 saturated heterocycles. The van der Waals surface area contributed by atoms with Crippen molar-refractivity contribution in [2.24, 2.45) is 0 Å². The van der Waals surface area contributed by atoms with Crippen molar-refractivity contribution in [1.29, 1.82) is 0 Å². The Hall–Kier alpha value is -2.46. The second-order valence-electron chi connectivity index (χ2n) is 5.40. The van der Waals surface area contributed by atoms with Gasteiger partial charge in [-0.1, -0.05) is 24.3 Å². The number of halogens is 2. The number of rotatable bonds is 6. The van der Waals surface area contributed by atoms with E-state index in [1.165, 1.54) is 18.2 Å². The molecule has 0 aliphatic carbocycles. The molecule has 0 radical (unpaired) electrons. The first-order valence-electron chi connectivity index (χ1n) is 7.62. The van der Waals surface area contributed by atoms with E-state index < -0.39 is 0 Å². The van der Waals surface area contributed by atoms with E-state index >= 15 is 0 Å². The predicted octanol–water partition coefficient (Wildman–Crippen LogP) is 3.53. The summed E-state index contributed by atoms with van der Waals surface area (Å²) in [7, 11) is 0. The maximum absolute atomic E-state index is 13.7. The maximum Gasteiger partial charge on any atom is 0.158 e. The summed E-state index contributed by atoms with van der Waals surface area (Å²) < 4.78 is 32.2. The molecular formula is C19H18F2NO+. The number of furan rings is 1. The monoisotopic (exact) mass is 314 g/mol. The normalized spacial score (nSPS) is 10.9. The molecule has 2 N–H and O–H groups in total. The molecule has 1 heterocycles. The fourth-order valence-corrected chi connectivity index (χ4v) is 2.46. The van der Waals surface area contributed by atoms with E-state index in [-0.39, 0.29) is 11.6 Å². The summed E-state index contributed by atoms with van der Waals surface area (Å²) >= 11 is 0. The molecule has 4 heteroatoms. The summed E-state index contributed by atoms with van der Waals surface area (Å²) in [4.78, 5) is 0. The molecule has 0 bridgehead atoms. The third kappa shape index (κ3) is 4.05. The first-order chi connectivity index (χ1) is 11.2. The molecule has 0 atom stereocenters. The molecular weight excluding hydrogens is 296 g/mol. The van der Waals surface area contributed by atoms with Crippen molar-refractivity contribution in [2.75, 3.05) is 6.54 Å². The van der Waals surface area contributed by atoms with Crippen LogP contribution < -0.4 is 5.32 Å². The van der Waals surface area contributed by atoms with E-state index in [4.69, 9.17) is 4.42 Å². The van der Waals surface area contributed by atoms with Crippen molar-refractivity contribution in [3.63, 3.8) is 0 Å². The Morgan fingerprint density at radius 2 is 1.65 bits per heavy atom. The van der Waals surface area contributed by atoms with Crippen molar-refractivity contribution in [3.8, 4) is 11.3 Å². The average molecular weight is 314 g/mol. The smallest absolute Gasteiger partial charge is 0.158 e. The van der Waals surface area contributed by atoms with Crippen LogP contribution in [0, 0.1) is 11.6 Å². The van der Waals surface area contributed by atoms with Crippen LogP contribution in [0.15, 0.2) is 65.1 Å². The van der Waals surface area contributed by atoms with Gasteiger partial charge in [0.05, 0.1) is 12.1 Å². The van der Waals surface area contributed by atoms with Crippen molar-refractivity contribution in [1.82, 2.24) is 0 Å². The van der Waals surface area contributed by atoms with Crippen LogP contribution in [0.4, 0.5) is 8.78 Å². The van der Waals surface area contributed by atoms with Crippen LogP contribution >= 0.6 is 0 Å². The van der Waals surface area contributed by atoms with Crippen LogP contribution in [-0.4, -0.2) is 6.54 Å². The van der Waals surface area contributed by atoms with Gasteiger partial charge >= 0.3 is 0 Å². The summed E-state index contributed by atoms with van der Waals surface area (Å²) in [6.45, 7) is 1.57. The highest BCUT2D eigenvalue weighted by Gasteiger charge is 2.09. The summed E-state index contributed by atoms with van der Waals surface area (Å²) in [6, 6.07) is 16.8. The number of hydrogen-bond donors (Lipinski definition) is 1. The van der Waals surface area contributed by atoms with Crippen LogP contribution in [-0.2, 0) is 13.0 Å². The van der Waals surface area contributed by atoms with Crippen LogP contribution in [0.25, 0.3) is 11.3 Å². The largest absolute Gasteiger partial charge is 0.455 e. The van der Waals surface area contributed by atoms with E-state index in [9.17, 15) is 8.78 Å². The third-order valence-corrected chi connectivity index (χ3v) is 3.70. The fraction of sp³-hybridized carbons (Fsp3) is 0.158. The van der Waals surface area contributed by atoms with Crippen LogP contribution in [0.3, 0.4) is 0 Å². The lowest BCUT2D eigenvalue weighted by Gasteiger charge is -2.01. The van der Waals surface area contributed by atoms with Crippen molar-refractivity contribution >= 4 is 0 Å².